The molecule has 1 rings (SSSR count). The predicted octanol–water partition coefficient (Wildman–Crippen LogP) is 2.24. The van der Waals surface area contributed by atoms with Crippen LogP contribution < -0.4 is 10.2 Å². The number of anilines is 1. The summed E-state index contributed by atoms with van der Waals surface area (Å²) in [7, 11) is 3.85. The van der Waals surface area contributed by atoms with E-state index in [1.54, 1.807) is 18.4 Å². The number of aryl methyl sites for hydroxylation is 1. The number of hydrogen-bond acceptors (Lipinski definition) is 6. The van der Waals surface area contributed by atoms with Gasteiger partial charge in [-0.1, -0.05) is 6.92 Å². The van der Waals surface area contributed by atoms with Crippen molar-refractivity contribution in [2.75, 3.05) is 50.8 Å². The number of rotatable bonds is 10. The third-order valence-electron chi connectivity index (χ3n) is 2.83. The zero-order valence-corrected chi connectivity index (χ0v) is 14.0. The van der Waals surface area contributed by atoms with Gasteiger partial charge >= 0.3 is 0 Å². The second kappa shape index (κ2) is 9.58. The van der Waals surface area contributed by atoms with Crippen LogP contribution in [-0.2, 0) is 17.7 Å². The summed E-state index contributed by atoms with van der Waals surface area (Å²) in [5, 5.41) is 4.53. The number of aromatic nitrogens is 1. The van der Waals surface area contributed by atoms with Gasteiger partial charge in [-0.3, -0.25) is 0 Å². The van der Waals surface area contributed by atoms with Crippen LogP contribution in [0.2, 0.25) is 0 Å². The maximum atomic E-state index is 5.04. The number of thiazole rings is 1. The number of methoxy groups -OCH3 is 1. The van der Waals surface area contributed by atoms with Crippen molar-refractivity contribution in [2.45, 2.75) is 19.9 Å². The first-order chi connectivity index (χ1) is 9.22. The predicted molar refractivity (Wildman–Crippen MR) is 86.7 cm³/mol. The van der Waals surface area contributed by atoms with Crippen LogP contribution in [0.3, 0.4) is 0 Å². The van der Waals surface area contributed by atoms with E-state index in [2.05, 4.69) is 30.4 Å². The monoisotopic (exact) mass is 303 g/mol. The van der Waals surface area contributed by atoms with Crippen LogP contribution in [0.15, 0.2) is 0 Å². The van der Waals surface area contributed by atoms with Gasteiger partial charge in [-0.15, -0.1) is 11.3 Å². The van der Waals surface area contributed by atoms with Gasteiger partial charge in [0.1, 0.15) is 0 Å². The van der Waals surface area contributed by atoms with E-state index in [1.165, 1.54) is 10.6 Å². The summed E-state index contributed by atoms with van der Waals surface area (Å²) < 4.78 is 5.04. The highest BCUT2D eigenvalue weighted by Gasteiger charge is 2.12. The lowest BCUT2D eigenvalue weighted by Crippen LogP contribution is -2.19. The van der Waals surface area contributed by atoms with Gasteiger partial charge in [-0.05, 0) is 12.7 Å². The summed E-state index contributed by atoms with van der Waals surface area (Å²) in [4.78, 5) is 8.34. The molecule has 0 saturated heterocycles. The number of nitrogens with one attached hydrogen (secondary N) is 1. The highest BCUT2D eigenvalue weighted by molar-refractivity contribution is 7.98. The Hall–Kier alpha value is -0.300. The molecule has 0 fully saturated rings. The molecule has 0 atom stereocenters. The first-order valence-corrected chi connectivity index (χ1v) is 8.82. The molecule has 0 aliphatic heterocycles. The quantitative estimate of drug-likeness (QED) is 0.671. The van der Waals surface area contributed by atoms with Gasteiger partial charge < -0.3 is 15.0 Å². The van der Waals surface area contributed by atoms with Crippen LogP contribution in [0.25, 0.3) is 0 Å². The minimum absolute atomic E-state index is 0.751. The van der Waals surface area contributed by atoms with E-state index in [-0.39, 0.29) is 0 Å². The molecule has 0 spiro atoms. The van der Waals surface area contributed by atoms with Crippen LogP contribution >= 0.6 is 23.1 Å². The molecule has 1 heterocycles. The number of hydrogen-bond donors (Lipinski definition) is 1. The highest BCUT2D eigenvalue weighted by atomic mass is 32.2. The molecule has 1 N–H and O–H groups in total. The average Bonchev–Trinajstić information content (AvgIpc) is 2.84. The smallest absolute Gasteiger partial charge is 0.185 e. The minimum atomic E-state index is 0.751. The Balaban J connectivity index is 2.57. The zero-order chi connectivity index (χ0) is 14.1. The van der Waals surface area contributed by atoms with Gasteiger partial charge in [0.25, 0.3) is 0 Å². The van der Waals surface area contributed by atoms with E-state index in [9.17, 15) is 0 Å². The molecule has 0 saturated carbocycles. The molecular formula is C13H25N3OS2. The topological polar surface area (TPSA) is 37.4 Å². The summed E-state index contributed by atoms with van der Waals surface area (Å²) in [5.74, 6) is 1.14. The molecule has 0 aliphatic carbocycles. The van der Waals surface area contributed by atoms with E-state index in [4.69, 9.17) is 9.72 Å². The largest absolute Gasteiger partial charge is 0.383 e. The molecule has 0 aromatic carbocycles. The second-order valence-corrected chi connectivity index (χ2v) is 6.35. The fourth-order valence-electron chi connectivity index (χ4n) is 1.65. The summed E-state index contributed by atoms with van der Waals surface area (Å²) >= 11 is 3.67. The SMILES string of the molecule is CCc1nc(N(C)CCSC)sc1CNCCOC. The number of nitrogens with zero attached hydrogens (tertiary/aromatic N) is 2. The Kier molecular flexibility index (Phi) is 8.45. The first-order valence-electron chi connectivity index (χ1n) is 6.61. The lowest BCUT2D eigenvalue weighted by molar-refractivity contribution is 0.199. The van der Waals surface area contributed by atoms with Crippen molar-refractivity contribution in [3.63, 3.8) is 0 Å². The van der Waals surface area contributed by atoms with Gasteiger partial charge in [0.05, 0.1) is 12.3 Å². The van der Waals surface area contributed by atoms with E-state index in [0.29, 0.717) is 0 Å². The van der Waals surface area contributed by atoms with Crippen LogP contribution in [-0.4, -0.2) is 50.8 Å². The van der Waals surface area contributed by atoms with Crippen molar-refractivity contribution in [3.8, 4) is 0 Å². The highest BCUT2D eigenvalue weighted by Crippen LogP contribution is 2.26. The lowest BCUT2D eigenvalue weighted by atomic mass is 10.3. The standard InChI is InChI=1S/C13H25N3OS2/c1-5-11-12(10-14-6-8-17-3)19-13(15-11)16(2)7-9-18-4/h14H,5-10H2,1-4H3. The second-order valence-electron chi connectivity index (χ2n) is 4.30. The molecule has 1 aromatic heterocycles. The van der Waals surface area contributed by atoms with E-state index < -0.39 is 0 Å². The lowest BCUT2D eigenvalue weighted by Gasteiger charge is -2.14. The fraction of sp³-hybridized carbons (Fsp3) is 0.769. The average molecular weight is 303 g/mol. The van der Waals surface area contributed by atoms with E-state index in [0.717, 1.165) is 43.5 Å². The maximum absolute atomic E-state index is 5.04. The number of thioether (sulfide) groups is 1. The van der Waals surface area contributed by atoms with Crippen LogP contribution in [0.1, 0.15) is 17.5 Å². The third kappa shape index (κ3) is 5.69. The molecule has 4 nitrogen and oxygen atoms in total. The molecule has 19 heavy (non-hydrogen) atoms. The maximum Gasteiger partial charge on any atom is 0.185 e. The zero-order valence-electron chi connectivity index (χ0n) is 12.4. The van der Waals surface area contributed by atoms with Crippen LogP contribution in [0, 0.1) is 0 Å². The molecule has 0 unspecified atom stereocenters. The van der Waals surface area contributed by atoms with Crippen molar-refractivity contribution < 1.29 is 4.74 Å². The summed E-state index contributed by atoms with van der Waals surface area (Å²) in [6, 6.07) is 0. The molecule has 0 radical (unpaired) electrons. The summed E-state index contributed by atoms with van der Waals surface area (Å²) in [6.45, 7) is 5.74. The summed E-state index contributed by atoms with van der Waals surface area (Å²) in [5.41, 5.74) is 1.22. The normalized spacial score (nSPS) is 10.9. The van der Waals surface area contributed by atoms with Crippen molar-refractivity contribution >= 4 is 28.2 Å². The Bertz CT molecular complexity index is 358. The van der Waals surface area contributed by atoms with E-state index >= 15 is 0 Å². The summed E-state index contributed by atoms with van der Waals surface area (Å²) in [6.07, 6.45) is 3.13. The number of ether oxygens (including phenoxy) is 1. The Morgan fingerprint density at radius 1 is 1.47 bits per heavy atom. The molecule has 0 amide bonds. The van der Waals surface area contributed by atoms with E-state index in [1.807, 2.05) is 11.8 Å². The molecule has 1 aromatic rings. The van der Waals surface area contributed by atoms with Crippen molar-refractivity contribution in [1.29, 1.82) is 0 Å². The van der Waals surface area contributed by atoms with Crippen LogP contribution in [0.5, 0.6) is 0 Å². The van der Waals surface area contributed by atoms with Crippen molar-refractivity contribution in [1.82, 2.24) is 10.3 Å². The van der Waals surface area contributed by atoms with Gasteiger partial charge in [-0.2, -0.15) is 11.8 Å². The molecule has 6 heteroatoms. The Labute approximate surface area is 124 Å². The van der Waals surface area contributed by atoms with Gasteiger partial charge in [0.15, 0.2) is 5.13 Å². The van der Waals surface area contributed by atoms with Gasteiger partial charge in [-0.25, -0.2) is 4.98 Å². The first kappa shape index (κ1) is 16.8. The molecule has 110 valence electrons. The fourth-order valence-corrected chi connectivity index (χ4v) is 3.21. The Morgan fingerprint density at radius 2 is 2.26 bits per heavy atom. The molecule has 0 bridgehead atoms. The van der Waals surface area contributed by atoms with Crippen LogP contribution in [0.4, 0.5) is 5.13 Å². The molecular weight excluding hydrogens is 278 g/mol. The minimum Gasteiger partial charge on any atom is -0.383 e. The van der Waals surface area contributed by atoms with Crippen molar-refractivity contribution in [2.24, 2.45) is 0 Å². The van der Waals surface area contributed by atoms with Gasteiger partial charge in [0.2, 0.25) is 0 Å². The third-order valence-corrected chi connectivity index (χ3v) is 4.63. The van der Waals surface area contributed by atoms with Gasteiger partial charge in [0, 0.05) is 44.4 Å². The Morgan fingerprint density at radius 3 is 2.89 bits per heavy atom. The van der Waals surface area contributed by atoms with Crippen molar-refractivity contribution in [3.05, 3.63) is 10.6 Å². The molecule has 0 aliphatic rings.